The van der Waals surface area contributed by atoms with Gasteiger partial charge in [-0.05, 0) is 48.2 Å². The third-order valence-electron chi connectivity index (χ3n) is 4.09. The van der Waals surface area contributed by atoms with Crippen molar-refractivity contribution in [3.05, 3.63) is 121 Å². The Kier molecular flexibility index (Phi) is 20.2. The Balaban J connectivity index is 0. The molecule has 4 aromatic rings. The molecule has 4 rings (SSSR count). The Morgan fingerprint density at radius 3 is 1.03 bits per heavy atom. The Morgan fingerprint density at radius 2 is 0.806 bits per heavy atom. The maximum absolute atomic E-state index is 4.19. The van der Waals surface area contributed by atoms with Crippen LogP contribution < -0.4 is 24.8 Å². The number of pyridine rings is 2. The van der Waals surface area contributed by atoms with Gasteiger partial charge in [-0.15, -0.1) is 0 Å². The second-order valence-electron chi connectivity index (χ2n) is 6.11. The van der Waals surface area contributed by atoms with Crippen LogP contribution in [0.3, 0.4) is 0 Å². The van der Waals surface area contributed by atoms with E-state index in [1.165, 1.54) is 11.1 Å². The first-order chi connectivity index (χ1) is 13.8. The first kappa shape index (κ1) is 31.3. The van der Waals surface area contributed by atoms with Crippen molar-refractivity contribution in [2.24, 2.45) is 0 Å². The molecule has 2 nitrogen and oxygen atoms in total. The normalized spacial score (nSPS) is 8.45. The molecule has 0 atom stereocenters. The molecule has 31 heavy (non-hydrogen) atoms. The van der Waals surface area contributed by atoms with Crippen molar-refractivity contribution in [2.75, 3.05) is 0 Å². The van der Waals surface area contributed by atoms with Crippen LogP contribution in [-0.4, -0.2) is 33.9 Å². The van der Waals surface area contributed by atoms with Crippen molar-refractivity contribution < 1.29 is 24.8 Å². The van der Waals surface area contributed by atoms with Gasteiger partial charge in [-0.25, -0.2) is 0 Å². The van der Waals surface area contributed by atoms with Crippen molar-refractivity contribution >= 4 is 23.9 Å². The summed E-state index contributed by atoms with van der Waals surface area (Å²) in [6, 6.07) is 32.5. The van der Waals surface area contributed by atoms with Crippen LogP contribution in [0.2, 0.25) is 0 Å². The number of rotatable bonds is 3. The third kappa shape index (κ3) is 13.2. The molecule has 158 valence electrons. The van der Waals surface area contributed by atoms with Gasteiger partial charge in [-0.3, -0.25) is 9.97 Å². The summed E-state index contributed by atoms with van der Waals surface area (Å²) in [5, 5.41) is 0. The maximum Gasteiger partial charge on any atom is 4.00 e. The van der Waals surface area contributed by atoms with Gasteiger partial charge in [0, 0.05) is 12.4 Å². The number of halogens is 2. The average molecular weight is 558 g/mol. The second kappa shape index (κ2) is 20.0. The Bertz CT molecular complexity index is 801. The van der Waals surface area contributed by atoms with Crippen molar-refractivity contribution in [1.29, 1.82) is 0 Å². The Morgan fingerprint density at radius 1 is 0.484 bits per heavy atom. The van der Waals surface area contributed by atoms with Gasteiger partial charge >= 0.3 is 23.9 Å². The standard InChI is InChI=1S/C10H8N2.2C8H10.2ClH.Sn/c1-3-7-11-9(5-1)10-6-2-4-8-12-10;2*1-2-8-6-4-3-5-7-8;;;/h1-8H;2*3-7H,2H2,1H3;2*1H;/q;;;;;+4/p-2. The van der Waals surface area contributed by atoms with Crippen molar-refractivity contribution in [3.63, 3.8) is 0 Å². The minimum Gasteiger partial charge on any atom is -1.00 e. The zero-order chi connectivity index (χ0) is 19.9. The van der Waals surface area contributed by atoms with Crippen LogP contribution >= 0.6 is 0 Å². The molecule has 0 bridgehead atoms. The molecule has 0 aliphatic heterocycles. The molecule has 0 unspecified atom stereocenters. The van der Waals surface area contributed by atoms with Crippen LogP contribution in [0.1, 0.15) is 25.0 Å². The molecule has 2 heterocycles. The molecule has 2 aromatic heterocycles. The van der Waals surface area contributed by atoms with E-state index in [1.807, 2.05) is 48.5 Å². The van der Waals surface area contributed by atoms with Crippen molar-refractivity contribution in [1.82, 2.24) is 9.97 Å². The zero-order valence-corrected chi connectivity index (χ0v) is 22.3. The molecule has 5 heteroatoms. The minimum absolute atomic E-state index is 0. The van der Waals surface area contributed by atoms with Gasteiger partial charge in [-0.2, -0.15) is 0 Å². The van der Waals surface area contributed by atoms with E-state index in [4.69, 9.17) is 0 Å². The predicted octanol–water partition coefficient (Wildman–Crippen LogP) is 0.269. The van der Waals surface area contributed by atoms with E-state index >= 15 is 0 Å². The molecular weight excluding hydrogens is 530 g/mol. The smallest absolute Gasteiger partial charge is 1.00 e. The topological polar surface area (TPSA) is 25.8 Å². The van der Waals surface area contributed by atoms with Crippen molar-refractivity contribution in [3.8, 4) is 11.4 Å². The molecule has 0 saturated carbocycles. The number of benzene rings is 2. The van der Waals surface area contributed by atoms with Crippen LogP contribution in [-0.2, 0) is 12.8 Å². The number of aryl methyl sites for hydroxylation is 2. The van der Waals surface area contributed by atoms with E-state index < -0.39 is 0 Å². The molecule has 0 saturated heterocycles. The summed E-state index contributed by atoms with van der Waals surface area (Å²) >= 11 is 0. The van der Waals surface area contributed by atoms with E-state index in [2.05, 4.69) is 72.3 Å². The molecule has 0 N–H and O–H groups in total. The number of nitrogens with zero attached hydrogens (tertiary/aromatic N) is 2. The molecule has 0 spiro atoms. The van der Waals surface area contributed by atoms with Crippen LogP contribution in [0.5, 0.6) is 0 Å². The number of aromatic nitrogens is 2. The number of hydrogen-bond donors (Lipinski definition) is 0. The summed E-state index contributed by atoms with van der Waals surface area (Å²) in [5.41, 5.74) is 4.65. The monoisotopic (exact) mass is 558 g/mol. The summed E-state index contributed by atoms with van der Waals surface area (Å²) in [6.45, 7) is 4.32. The summed E-state index contributed by atoms with van der Waals surface area (Å²) in [6.07, 6.45) is 5.82. The van der Waals surface area contributed by atoms with Gasteiger partial charge in [0.25, 0.3) is 0 Å². The largest absolute Gasteiger partial charge is 4.00 e. The fourth-order valence-corrected chi connectivity index (χ4v) is 2.46. The molecule has 0 radical (unpaired) electrons. The fourth-order valence-electron chi connectivity index (χ4n) is 2.46. The van der Waals surface area contributed by atoms with E-state index in [0.717, 1.165) is 24.2 Å². The summed E-state index contributed by atoms with van der Waals surface area (Å²) in [7, 11) is 0. The summed E-state index contributed by atoms with van der Waals surface area (Å²) < 4.78 is 0. The number of hydrogen-bond acceptors (Lipinski definition) is 2. The maximum atomic E-state index is 4.19. The van der Waals surface area contributed by atoms with Gasteiger partial charge < -0.3 is 24.8 Å². The van der Waals surface area contributed by atoms with E-state index in [1.54, 1.807) is 12.4 Å². The van der Waals surface area contributed by atoms with Crippen LogP contribution in [0.4, 0.5) is 0 Å². The van der Waals surface area contributed by atoms with Crippen LogP contribution in [0, 0.1) is 0 Å². The second-order valence-corrected chi connectivity index (χ2v) is 6.11. The fraction of sp³-hybridized carbons (Fsp3) is 0.154. The van der Waals surface area contributed by atoms with Crippen LogP contribution in [0.25, 0.3) is 11.4 Å². The molecular formula is C26H28Cl2N2Sn+2. The molecule has 0 aliphatic carbocycles. The predicted molar refractivity (Wildman–Crippen MR) is 125 cm³/mol. The first-order valence-corrected chi connectivity index (χ1v) is 9.73. The molecule has 0 amide bonds. The van der Waals surface area contributed by atoms with Gasteiger partial charge in [0.15, 0.2) is 0 Å². The van der Waals surface area contributed by atoms with E-state index in [0.29, 0.717) is 0 Å². The average Bonchev–Trinajstić information content (AvgIpc) is 2.82. The molecule has 0 aliphatic rings. The summed E-state index contributed by atoms with van der Waals surface area (Å²) in [4.78, 5) is 8.37. The van der Waals surface area contributed by atoms with Gasteiger partial charge in [-0.1, -0.05) is 86.6 Å². The van der Waals surface area contributed by atoms with Gasteiger partial charge in [0.2, 0.25) is 0 Å². The molecule has 2 aromatic carbocycles. The van der Waals surface area contributed by atoms with E-state index in [-0.39, 0.29) is 48.7 Å². The SMILES string of the molecule is CCc1ccccc1.CCc1ccccc1.[Cl-].[Cl-].[Sn+4].c1ccc(-c2ccccn2)nc1. The van der Waals surface area contributed by atoms with E-state index in [9.17, 15) is 0 Å². The Hall–Kier alpha value is -1.88. The van der Waals surface area contributed by atoms with Crippen LogP contribution in [0.15, 0.2) is 109 Å². The first-order valence-electron chi connectivity index (χ1n) is 9.73. The quantitative estimate of drug-likeness (QED) is 0.338. The van der Waals surface area contributed by atoms with Crippen molar-refractivity contribution in [2.45, 2.75) is 26.7 Å². The Labute approximate surface area is 216 Å². The van der Waals surface area contributed by atoms with Gasteiger partial charge in [0.05, 0.1) is 11.4 Å². The molecule has 0 fully saturated rings. The summed E-state index contributed by atoms with van der Waals surface area (Å²) in [5.74, 6) is 0. The third-order valence-corrected chi connectivity index (χ3v) is 4.09. The zero-order valence-electron chi connectivity index (χ0n) is 18.0. The minimum atomic E-state index is 0. The van der Waals surface area contributed by atoms with Gasteiger partial charge in [0.1, 0.15) is 0 Å².